The largest absolute Gasteiger partial charge is 0.395 e. The van der Waals surface area contributed by atoms with Crippen molar-refractivity contribution in [2.75, 3.05) is 24.1 Å². The highest BCUT2D eigenvalue weighted by atomic mass is 32.1. The predicted octanol–water partition coefficient (Wildman–Crippen LogP) is 1.25. The monoisotopic (exact) mass is 208 g/mol. The number of anilines is 2. The molecule has 14 heavy (non-hydrogen) atoms. The van der Waals surface area contributed by atoms with Crippen LogP contribution in [0.3, 0.4) is 0 Å². The van der Waals surface area contributed by atoms with Crippen molar-refractivity contribution in [3.05, 3.63) is 17.6 Å². The Morgan fingerprint density at radius 1 is 1.43 bits per heavy atom. The lowest BCUT2D eigenvalue weighted by Gasteiger charge is -2.07. The third-order valence-electron chi connectivity index (χ3n) is 2.00. The molecule has 0 saturated carbocycles. The zero-order valence-corrected chi connectivity index (χ0v) is 8.47. The fourth-order valence-electron chi connectivity index (χ4n) is 1.31. The van der Waals surface area contributed by atoms with Gasteiger partial charge in [0.25, 0.3) is 0 Å². The molecule has 0 bridgehead atoms. The molecule has 5 heteroatoms. The number of nitrogen functional groups attached to an aromatic ring is 1. The number of hydrogen-bond acceptors (Lipinski definition) is 5. The lowest BCUT2D eigenvalue weighted by Crippen LogP contribution is -2.14. The Hall–Kier alpha value is -1.33. The van der Waals surface area contributed by atoms with Crippen LogP contribution in [-0.2, 0) is 0 Å². The van der Waals surface area contributed by atoms with E-state index in [0.29, 0.717) is 12.2 Å². The zero-order chi connectivity index (χ0) is 9.97. The van der Waals surface area contributed by atoms with Crippen LogP contribution < -0.4 is 16.8 Å². The van der Waals surface area contributed by atoms with Gasteiger partial charge in [-0.15, -0.1) is 11.3 Å². The molecule has 74 valence electrons. The minimum atomic E-state index is 0.592. The van der Waals surface area contributed by atoms with E-state index in [1.807, 2.05) is 12.1 Å². The number of nitrogens with zero attached hydrogens (tertiary/aromatic N) is 1. The van der Waals surface area contributed by atoms with Gasteiger partial charge in [-0.3, -0.25) is 0 Å². The molecule has 5 N–H and O–H groups in total. The number of nitrogens with two attached hydrogens (primary N) is 2. The number of rotatable bonds is 3. The molecule has 0 radical (unpaired) electrons. The molecule has 0 saturated heterocycles. The number of hydrogen-bond donors (Lipinski definition) is 3. The van der Waals surface area contributed by atoms with Gasteiger partial charge in [0.15, 0.2) is 0 Å². The maximum Gasteiger partial charge on any atom is 0.106 e. The van der Waals surface area contributed by atoms with E-state index in [-0.39, 0.29) is 0 Å². The first-order chi connectivity index (χ1) is 6.83. The van der Waals surface area contributed by atoms with Gasteiger partial charge in [0, 0.05) is 13.1 Å². The van der Waals surface area contributed by atoms with Gasteiger partial charge in [0.05, 0.1) is 21.6 Å². The number of aromatic nitrogens is 1. The average molecular weight is 208 g/mol. The number of thiazole rings is 1. The van der Waals surface area contributed by atoms with E-state index >= 15 is 0 Å². The van der Waals surface area contributed by atoms with Crippen molar-refractivity contribution in [2.45, 2.75) is 0 Å². The summed E-state index contributed by atoms with van der Waals surface area (Å²) in [7, 11) is 0. The molecule has 1 heterocycles. The molecule has 0 aliphatic heterocycles. The SMILES string of the molecule is NCCNc1ccc2scnc2c1N. The third kappa shape index (κ3) is 1.51. The van der Waals surface area contributed by atoms with Gasteiger partial charge in [-0.05, 0) is 12.1 Å². The van der Waals surface area contributed by atoms with Crippen molar-refractivity contribution in [3.63, 3.8) is 0 Å². The Morgan fingerprint density at radius 3 is 3.07 bits per heavy atom. The predicted molar refractivity (Wildman–Crippen MR) is 61.6 cm³/mol. The molecule has 1 aromatic heterocycles. The first-order valence-corrected chi connectivity index (χ1v) is 5.26. The minimum Gasteiger partial charge on any atom is -0.395 e. The van der Waals surface area contributed by atoms with E-state index in [0.717, 1.165) is 22.4 Å². The lowest BCUT2D eigenvalue weighted by molar-refractivity contribution is 1.03. The Labute approximate surface area is 85.9 Å². The highest BCUT2D eigenvalue weighted by Crippen LogP contribution is 2.29. The number of fused-ring (bicyclic) bond motifs is 1. The highest BCUT2D eigenvalue weighted by Gasteiger charge is 2.05. The normalized spacial score (nSPS) is 10.6. The maximum absolute atomic E-state index is 5.95. The topological polar surface area (TPSA) is 77.0 Å². The summed E-state index contributed by atoms with van der Waals surface area (Å²) in [4.78, 5) is 4.21. The summed E-state index contributed by atoms with van der Waals surface area (Å²) in [6.07, 6.45) is 0. The summed E-state index contributed by atoms with van der Waals surface area (Å²) in [5.74, 6) is 0. The van der Waals surface area contributed by atoms with E-state index < -0.39 is 0 Å². The molecule has 0 unspecified atom stereocenters. The van der Waals surface area contributed by atoms with Gasteiger partial charge in [0.1, 0.15) is 5.52 Å². The minimum absolute atomic E-state index is 0.592. The van der Waals surface area contributed by atoms with Crippen LogP contribution in [0.5, 0.6) is 0 Å². The van der Waals surface area contributed by atoms with E-state index in [1.165, 1.54) is 0 Å². The molecule has 0 fully saturated rings. The summed E-state index contributed by atoms with van der Waals surface area (Å²) >= 11 is 1.59. The van der Waals surface area contributed by atoms with Crippen molar-refractivity contribution in [1.29, 1.82) is 0 Å². The van der Waals surface area contributed by atoms with Crippen LogP contribution in [0.4, 0.5) is 11.4 Å². The van der Waals surface area contributed by atoms with Crippen LogP contribution >= 0.6 is 11.3 Å². The first kappa shape index (κ1) is 9.23. The van der Waals surface area contributed by atoms with Gasteiger partial charge >= 0.3 is 0 Å². The van der Waals surface area contributed by atoms with E-state index in [9.17, 15) is 0 Å². The van der Waals surface area contributed by atoms with Crippen LogP contribution in [0.1, 0.15) is 0 Å². The van der Waals surface area contributed by atoms with Crippen LogP contribution in [0, 0.1) is 0 Å². The van der Waals surface area contributed by atoms with Gasteiger partial charge in [-0.25, -0.2) is 4.98 Å². The maximum atomic E-state index is 5.95. The van der Waals surface area contributed by atoms with Crippen molar-refractivity contribution in [2.24, 2.45) is 5.73 Å². The second-order valence-electron chi connectivity index (χ2n) is 2.94. The average Bonchev–Trinajstić information content (AvgIpc) is 2.66. The fraction of sp³-hybridized carbons (Fsp3) is 0.222. The highest BCUT2D eigenvalue weighted by molar-refractivity contribution is 7.16. The summed E-state index contributed by atoms with van der Waals surface area (Å²) < 4.78 is 1.11. The molecule has 2 aromatic rings. The Balaban J connectivity index is 2.40. The van der Waals surface area contributed by atoms with Crippen LogP contribution in [-0.4, -0.2) is 18.1 Å². The standard InChI is InChI=1S/C9H12N4S/c10-3-4-12-6-1-2-7-9(8(6)11)13-5-14-7/h1-2,5,12H,3-4,10-11H2. The van der Waals surface area contributed by atoms with E-state index in [4.69, 9.17) is 11.5 Å². The Morgan fingerprint density at radius 2 is 2.29 bits per heavy atom. The summed E-state index contributed by atoms with van der Waals surface area (Å²) in [6, 6.07) is 3.98. The van der Waals surface area contributed by atoms with Crippen LogP contribution in [0.25, 0.3) is 10.2 Å². The van der Waals surface area contributed by atoms with Crippen molar-refractivity contribution in [3.8, 4) is 0 Å². The number of nitrogens with one attached hydrogen (secondary N) is 1. The van der Waals surface area contributed by atoms with E-state index in [2.05, 4.69) is 10.3 Å². The van der Waals surface area contributed by atoms with Crippen LogP contribution in [0.15, 0.2) is 17.6 Å². The number of benzene rings is 1. The molecule has 1 aromatic carbocycles. The van der Waals surface area contributed by atoms with Gasteiger partial charge in [-0.1, -0.05) is 0 Å². The van der Waals surface area contributed by atoms with Crippen molar-refractivity contribution < 1.29 is 0 Å². The zero-order valence-electron chi connectivity index (χ0n) is 7.66. The molecular formula is C9H12N4S. The van der Waals surface area contributed by atoms with Gasteiger partial charge in [0.2, 0.25) is 0 Å². The molecule has 0 spiro atoms. The smallest absolute Gasteiger partial charge is 0.106 e. The first-order valence-electron chi connectivity index (χ1n) is 4.38. The molecule has 0 aliphatic rings. The van der Waals surface area contributed by atoms with Crippen molar-refractivity contribution in [1.82, 2.24) is 4.98 Å². The Bertz CT molecular complexity index is 437. The lowest BCUT2D eigenvalue weighted by atomic mass is 10.2. The molecule has 0 aliphatic carbocycles. The second kappa shape index (κ2) is 3.81. The molecule has 0 atom stereocenters. The fourth-order valence-corrected chi connectivity index (χ4v) is 2.01. The van der Waals surface area contributed by atoms with Gasteiger partial charge < -0.3 is 16.8 Å². The molecular weight excluding hydrogens is 196 g/mol. The quantitative estimate of drug-likeness (QED) is 0.663. The van der Waals surface area contributed by atoms with Crippen LogP contribution in [0.2, 0.25) is 0 Å². The summed E-state index contributed by atoms with van der Waals surface area (Å²) in [6.45, 7) is 1.31. The Kier molecular flexibility index (Phi) is 2.51. The second-order valence-corrected chi connectivity index (χ2v) is 3.83. The molecule has 4 nitrogen and oxygen atoms in total. The molecule has 0 amide bonds. The van der Waals surface area contributed by atoms with E-state index in [1.54, 1.807) is 16.8 Å². The summed E-state index contributed by atoms with van der Waals surface area (Å²) in [5, 5.41) is 3.16. The molecule has 2 rings (SSSR count). The third-order valence-corrected chi connectivity index (χ3v) is 2.80. The van der Waals surface area contributed by atoms with Gasteiger partial charge in [-0.2, -0.15) is 0 Å². The summed E-state index contributed by atoms with van der Waals surface area (Å²) in [5.41, 5.74) is 15.6. The van der Waals surface area contributed by atoms with Crippen molar-refractivity contribution >= 4 is 32.9 Å².